The Hall–Kier alpha value is -1.18. The number of hydrogen-bond donors (Lipinski definition) is 1. The van der Waals surface area contributed by atoms with Gasteiger partial charge in [0.15, 0.2) is 0 Å². The molecule has 0 aliphatic carbocycles. The van der Waals surface area contributed by atoms with Gasteiger partial charge < -0.3 is 9.84 Å². The van der Waals surface area contributed by atoms with Gasteiger partial charge in [0.2, 0.25) is 0 Å². The highest BCUT2D eigenvalue weighted by atomic mass is 16.5. The molecular weight excluding hydrogens is 224 g/mol. The van der Waals surface area contributed by atoms with Gasteiger partial charge in [-0.15, -0.1) is 0 Å². The lowest BCUT2D eigenvalue weighted by Crippen LogP contribution is -2.39. The minimum absolute atomic E-state index is 0.0452. The molecule has 7 heteroatoms. The van der Waals surface area contributed by atoms with Crippen molar-refractivity contribution in [2.45, 2.75) is 13.1 Å². The number of fused-ring (bicyclic) bond motifs is 1. The van der Waals surface area contributed by atoms with Gasteiger partial charge in [0, 0.05) is 26.7 Å². The van der Waals surface area contributed by atoms with Crippen molar-refractivity contribution in [2.75, 3.05) is 32.9 Å². The zero-order valence-corrected chi connectivity index (χ0v) is 10.0. The van der Waals surface area contributed by atoms with Crippen LogP contribution < -0.4 is 5.69 Å². The lowest BCUT2D eigenvalue weighted by Gasteiger charge is -2.26. The number of nitrogens with zero attached hydrogens (tertiary/aromatic N) is 4. The molecule has 96 valence electrons. The van der Waals surface area contributed by atoms with Gasteiger partial charge in [-0.1, -0.05) is 0 Å². The number of hydrogen-bond acceptors (Lipinski definition) is 5. The van der Waals surface area contributed by atoms with Gasteiger partial charge in [0.1, 0.15) is 5.82 Å². The Kier molecular flexibility index (Phi) is 3.93. The molecule has 0 saturated carbocycles. The standard InChI is InChI=1S/C10H18N4O3/c1-12-10(16)14-3-2-13(8-9(14)11-12)4-6-17-7-5-15/h15H,2-8H2,1H3. The van der Waals surface area contributed by atoms with E-state index in [2.05, 4.69) is 10.00 Å². The van der Waals surface area contributed by atoms with Gasteiger partial charge in [-0.3, -0.25) is 9.47 Å². The first kappa shape index (κ1) is 12.3. The molecular formula is C10H18N4O3. The van der Waals surface area contributed by atoms with E-state index >= 15 is 0 Å². The second-order valence-corrected chi connectivity index (χ2v) is 4.09. The predicted octanol–water partition coefficient (Wildman–Crippen LogP) is -1.59. The highest BCUT2D eigenvalue weighted by molar-refractivity contribution is 4.91. The molecule has 0 bridgehead atoms. The Morgan fingerprint density at radius 3 is 3.00 bits per heavy atom. The summed E-state index contributed by atoms with van der Waals surface area (Å²) in [6, 6.07) is 0. The molecule has 2 rings (SSSR count). The fraction of sp³-hybridized carbons (Fsp3) is 0.800. The molecule has 1 aliphatic rings. The molecule has 0 saturated heterocycles. The van der Waals surface area contributed by atoms with Crippen LogP contribution in [0.4, 0.5) is 0 Å². The predicted molar refractivity (Wildman–Crippen MR) is 60.6 cm³/mol. The lowest BCUT2D eigenvalue weighted by molar-refractivity contribution is 0.0671. The number of rotatable bonds is 5. The number of aliphatic hydroxyl groups is 1. The van der Waals surface area contributed by atoms with Crippen LogP contribution in [0.2, 0.25) is 0 Å². The fourth-order valence-electron chi connectivity index (χ4n) is 1.97. The van der Waals surface area contributed by atoms with E-state index in [4.69, 9.17) is 9.84 Å². The minimum Gasteiger partial charge on any atom is -0.394 e. The van der Waals surface area contributed by atoms with E-state index in [1.54, 1.807) is 11.6 Å². The van der Waals surface area contributed by atoms with E-state index in [1.807, 2.05) is 0 Å². The molecule has 1 aliphatic heterocycles. The second-order valence-electron chi connectivity index (χ2n) is 4.09. The van der Waals surface area contributed by atoms with E-state index in [0.717, 1.165) is 18.9 Å². The van der Waals surface area contributed by atoms with Crippen molar-refractivity contribution >= 4 is 0 Å². The van der Waals surface area contributed by atoms with Crippen molar-refractivity contribution in [2.24, 2.45) is 7.05 Å². The molecule has 0 atom stereocenters. The van der Waals surface area contributed by atoms with Crippen molar-refractivity contribution in [1.82, 2.24) is 19.2 Å². The maximum atomic E-state index is 11.6. The molecule has 0 radical (unpaired) electrons. The third-order valence-electron chi connectivity index (χ3n) is 2.88. The summed E-state index contributed by atoms with van der Waals surface area (Å²) in [6.45, 7) is 4.02. The Labute approximate surface area is 99.2 Å². The first-order valence-corrected chi connectivity index (χ1v) is 5.76. The first-order valence-electron chi connectivity index (χ1n) is 5.76. The first-order chi connectivity index (χ1) is 8.22. The molecule has 0 amide bonds. The summed E-state index contributed by atoms with van der Waals surface area (Å²) in [5, 5.41) is 12.8. The quantitative estimate of drug-likeness (QED) is 0.630. The monoisotopic (exact) mass is 242 g/mol. The van der Waals surface area contributed by atoms with E-state index in [1.165, 1.54) is 4.68 Å². The molecule has 0 spiro atoms. The zero-order valence-electron chi connectivity index (χ0n) is 10.0. The smallest absolute Gasteiger partial charge is 0.345 e. The van der Waals surface area contributed by atoms with Crippen molar-refractivity contribution in [3.8, 4) is 0 Å². The highest BCUT2D eigenvalue weighted by Gasteiger charge is 2.20. The van der Waals surface area contributed by atoms with Crippen LogP contribution in [-0.4, -0.2) is 57.3 Å². The molecule has 1 aromatic rings. The van der Waals surface area contributed by atoms with E-state index in [0.29, 0.717) is 26.3 Å². The number of aromatic nitrogens is 3. The van der Waals surface area contributed by atoms with Crippen LogP contribution in [-0.2, 0) is 24.9 Å². The number of ether oxygens (including phenoxy) is 1. The molecule has 2 heterocycles. The summed E-state index contributed by atoms with van der Waals surface area (Å²) < 4.78 is 8.31. The van der Waals surface area contributed by atoms with Gasteiger partial charge in [-0.05, 0) is 0 Å². The molecule has 1 aromatic heterocycles. The molecule has 0 aromatic carbocycles. The maximum Gasteiger partial charge on any atom is 0.345 e. The average Bonchev–Trinajstić information content (AvgIpc) is 2.61. The third kappa shape index (κ3) is 2.74. The average molecular weight is 242 g/mol. The van der Waals surface area contributed by atoms with Gasteiger partial charge >= 0.3 is 5.69 Å². The molecule has 1 N–H and O–H groups in total. The highest BCUT2D eigenvalue weighted by Crippen LogP contribution is 2.06. The van der Waals surface area contributed by atoms with Crippen LogP contribution in [0.5, 0.6) is 0 Å². The molecule has 17 heavy (non-hydrogen) atoms. The normalized spacial score (nSPS) is 16.1. The van der Waals surface area contributed by atoms with E-state index in [-0.39, 0.29) is 12.3 Å². The number of aliphatic hydroxyl groups excluding tert-OH is 1. The van der Waals surface area contributed by atoms with Gasteiger partial charge in [0.25, 0.3) is 0 Å². The second kappa shape index (κ2) is 5.44. The van der Waals surface area contributed by atoms with Crippen LogP contribution in [0.25, 0.3) is 0 Å². The van der Waals surface area contributed by atoms with E-state index in [9.17, 15) is 4.79 Å². The van der Waals surface area contributed by atoms with Crippen LogP contribution in [0.1, 0.15) is 5.82 Å². The summed E-state index contributed by atoms with van der Waals surface area (Å²) in [6.07, 6.45) is 0. The Balaban J connectivity index is 1.88. The summed E-state index contributed by atoms with van der Waals surface area (Å²) in [5.41, 5.74) is -0.0452. The zero-order chi connectivity index (χ0) is 12.3. The van der Waals surface area contributed by atoms with Gasteiger partial charge in [-0.2, -0.15) is 5.10 Å². The topological polar surface area (TPSA) is 72.5 Å². The maximum absolute atomic E-state index is 11.6. The van der Waals surface area contributed by atoms with Crippen LogP contribution >= 0.6 is 0 Å². The molecule has 0 fully saturated rings. The van der Waals surface area contributed by atoms with Crippen LogP contribution in [0, 0.1) is 0 Å². The van der Waals surface area contributed by atoms with Crippen molar-refractivity contribution < 1.29 is 9.84 Å². The fourth-order valence-corrected chi connectivity index (χ4v) is 1.97. The summed E-state index contributed by atoms with van der Waals surface area (Å²) in [7, 11) is 1.67. The summed E-state index contributed by atoms with van der Waals surface area (Å²) >= 11 is 0. The van der Waals surface area contributed by atoms with Crippen LogP contribution in [0.3, 0.4) is 0 Å². The lowest BCUT2D eigenvalue weighted by atomic mass is 10.3. The molecule has 0 unspecified atom stereocenters. The minimum atomic E-state index is -0.0452. The van der Waals surface area contributed by atoms with E-state index < -0.39 is 0 Å². The van der Waals surface area contributed by atoms with Crippen molar-refractivity contribution in [3.05, 3.63) is 16.3 Å². The van der Waals surface area contributed by atoms with Crippen LogP contribution in [0.15, 0.2) is 4.79 Å². The Bertz CT molecular complexity index is 426. The SMILES string of the molecule is Cn1nc2n(c1=O)CCN(CCOCCO)C2. The van der Waals surface area contributed by atoms with Gasteiger partial charge in [-0.25, -0.2) is 9.48 Å². The van der Waals surface area contributed by atoms with Crippen molar-refractivity contribution in [1.29, 1.82) is 0 Å². The Morgan fingerprint density at radius 2 is 2.24 bits per heavy atom. The van der Waals surface area contributed by atoms with Gasteiger partial charge in [0.05, 0.1) is 26.4 Å². The summed E-state index contributed by atoms with van der Waals surface area (Å²) in [5.74, 6) is 0.811. The third-order valence-corrected chi connectivity index (χ3v) is 2.88. The molecule has 7 nitrogen and oxygen atoms in total. The summed E-state index contributed by atoms with van der Waals surface area (Å²) in [4.78, 5) is 13.8. The van der Waals surface area contributed by atoms with Crippen molar-refractivity contribution in [3.63, 3.8) is 0 Å². The largest absolute Gasteiger partial charge is 0.394 e. The Morgan fingerprint density at radius 1 is 1.41 bits per heavy atom. The number of aryl methyl sites for hydroxylation is 1.